The second-order valence-electron chi connectivity index (χ2n) is 9.40. The Morgan fingerprint density at radius 1 is 1.10 bits per heavy atom. The van der Waals surface area contributed by atoms with Crippen LogP contribution in [0.1, 0.15) is 62.3 Å². The van der Waals surface area contributed by atoms with Crippen LogP contribution >= 0.6 is 0 Å². The van der Waals surface area contributed by atoms with Gasteiger partial charge in [0.2, 0.25) is 11.8 Å². The van der Waals surface area contributed by atoms with E-state index in [-0.39, 0.29) is 23.8 Å². The highest BCUT2D eigenvalue weighted by Crippen LogP contribution is 2.24. The number of hydrogen-bond donors (Lipinski definition) is 2. The molecule has 0 saturated carbocycles. The number of esters is 1. The van der Waals surface area contributed by atoms with Crippen LogP contribution in [0.4, 0.5) is 0 Å². The molecule has 2 amide bonds. The number of likely N-dealkylation sites (N-methyl/N-ethyl adjacent to an activating group) is 2. The van der Waals surface area contributed by atoms with E-state index in [9.17, 15) is 14.4 Å². The number of nitrogens with zero attached hydrogens (tertiary/aromatic N) is 1. The third-order valence-corrected chi connectivity index (χ3v) is 5.08. The Balaban J connectivity index is 5.83. The van der Waals surface area contributed by atoms with Gasteiger partial charge in [0.15, 0.2) is 0 Å². The summed E-state index contributed by atoms with van der Waals surface area (Å²) in [6.45, 7) is 17.0. The fourth-order valence-electron chi connectivity index (χ4n) is 2.74. The summed E-state index contributed by atoms with van der Waals surface area (Å²) in [5.41, 5.74) is -0.843. The molecular formula is C22H41N3O4. The number of hydrogen-bond acceptors (Lipinski definition) is 5. The van der Waals surface area contributed by atoms with Crippen molar-refractivity contribution in [2.75, 3.05) is 20.7 Å². The van der Waals surface area contributed by atoms with Crippen LogP contribution in [0, 0.1) is 11.3 Å². The summed E-state index contributed by atoms with van der Waals surface area (Å²) < 4.78 is 5.05. The molecule has 2 N–H and O–H groups in total. The molecule has 0 aliphatic carbocycles. The number of ether oxygens (including phenoxy) is 1. The lowest BCUT2D eigenvalue weighted by Gasteiger charge is -2.38. The Hall–Kier alpha value is -1.89. The minimum Gasteiger partial charge on any atom is -0.463 e. The summed E-state index contributed by atoms with van der Waals surface area (Å²) in [7, 11) is 3.41. The molecule has 7 nitrogen and oxygen atoms in total. The first-order valence-electron chi connectivity index (χ1n) is 10.2. The average molecular weight is 412 g/mol. The topological polar surface area (TPSA) is 87.7 Å². The van der Waals surface area contributed by atoms with E-state index >= 15 is 0 Å². The van der Waals surface area contributed by atoms with Gasteiger partial charge in [-0.05, 0) is 46.1 Å². The standard InChI is InChI=1S/C22H41N3O4/c1-12-29-19(27)15(4)13-16(14(2)3)25(11)18(26)17(21(5,6)7)24-20(28)22(8,9)23-10/h13-14,16-17,23H,12H2,1-11H3,(H,24,28)/b15-13+/t16-,17-/m1/s1. The van der Waals surface area contributed by atoms with Crippen molar-refractivity contribution in [3.63, 3.8) is 0 Å². The van der Waals surface area contributed by atoms with Gasteiger partial charge in [0.1, 0.15) is 6.04 Å². The van der Waals surface area contributed by atoms with E-state index in [1.807, 2.05) is 34.6 Å². The molecule has 29 heavy (non-hydrogen) atoms. The lowest BCUT2D eigenvalue weighted by atomic mass is 9.84. The Morgan fingerprint density at radius 3 is 2.00 bits per heavy atom. The summed E-state index contributed by atoms with van der Waals surface area (Å²) in [4.78, 5) is 39.7. The highest BCUT2D eigenvalue weighted by Gasteiger charge is 2.39. The van der Waals surface area contributed by atoms with E-state index in [2.05, 4.69) is 10.6 Å². The highest BCUT2D eigenvalue weighted by atomic mass is 16.5. The number of carbonyl (C=O) groups is 3. The van der Waals surface area contributed by atoms with E-state index in [0.29, 0.717) is 12.2 Å². The van der Waals surface area contributed by atoms with Crippen LogP contribution in [0.2, 0.25) is 0 Å². The largest absolute Gasteiger partial charge is 0.463 e. The Kier molecular flexibility index (Phi) is 10.1. The molecule has 0 aliphatic heterocycles. The van der Waals surface area contributed by atoms with Gasteiger partial charge in [0.05, 0.1) is 18.2 Å². The molecule has 0 spiro atoms. The van der Waals surface area contributed by atoms with Crippen LogP contribution in [0.25, 0.3) is 0 Å². The van der Waals surface area contributed by atoms with E-state index in [1.165, 1.54) is 0 Å². The molecule has 2 atom stereocenters. The third kappa shape index (κ3) is 7.80. The third-order valence-electron chi connectivity index (χ3n) is 5.08. The summed E-state index contributed by atoms with van der Waals surface area (Å²) in [6, 6.07) is -1.03. The summed E-state index contributed by atoms with van der Waals surface area (Å²) >= 11 is 0. The van der Waals surface area contributed by atoms with Crippen molar-refractivity contribution in [2.24, 2.45) is 11.3 Å². The monoisotopic (exact) mass is 411 g/mol. The van der Waals surface area contributed by atoms with Crippen molar-refractivity contribution in [1.29, 1.82) is 0 Å². The first kappa shape index (κ1) is 27.1. The molecule has 0 fully saturated rings. The fraction of sp³-hybridized carbons (Fsp3) is 0.773. The first-order chi connectivity index (χ1) is 13.1. The van der Waals surface area contributed by atoms with Gasteiger partial charge in [-0.1, -0.05) is 40.7 Å². The molecule has 7 heteroatoms. The average Bonchev–Trinajstić information content (AvgIpc) is 2.61. The molecule has 0 aromatic heterocycles. The predicted molar refractivity (Wildman–Crippen MR) is 116 cm³/mol. The Bertz CT molecular complexity index is 618. The van der Waals surface area contributed by atoms with Gasteiger partial charge >= 0.3 is 5.97 Å². The minimum absolute atomic E-state index is 0.0680. The summed E-state index contributed by atoms with van der Waals surface area (Å²) in [5.74, 6) is -0.779. The van der Waals surface area contributed by atoms with Gasteiger partial charge in [-0.3, -0.25) is 9.59 Å². The maximum Gasteiger partial charge on any atom is 0.333 e. The fourth-order valence-corrected chi connectivity index (χ4v) is 2.74. The maximum absolute atomic E-state index is 13.4. The quantitative estimate of drug-likeness (QED) is 0.450. The second kappa shape index (κ2) is 10.8. The van der Waals surface area contributed by atoms with Gasteiger partial charge in [0.25, 0.3) is 0 Å². The molecule has 0 unspecified atom stereocenters. The maximum atomic E-state index is 13.4. The SMILES string of the molecule is CCOC(=O)/C(C)=C/[C@H](C(C)C)N(C)C(=O)[C@@H](NC(=O)C(C)(C)NC)C(C)(C)C. The number of rotatable bonds is 9. The molecule has 0 aliphatic rings. The van der Waals surface area contributed by atoms with Gasteiger partial charge in [-0.2, -0.15) is 0 Å². The highest BCUT2D eigenvalue weighted by molar-refractivity contribution is 5.92. The summed E-state index contributed by atoms with van der Waals surface area (Å²) in [6.07, 6.45) is 1.76. The first-order valence-corrected chi connectivity index (χ1v) is 10.2. The van der Waals surface area contributed by atoms with E-state index < -0.39 is 23.0 Å². The van der Waals surface area contributed by atoms with Crippen molar-refractivity contribution in [2.45, 2.75) is 79.9 Å². The lowest BCUT2D eigenvalue weighted by molar-refractivity contribution is -0.141. The molecule has 0 aromatic rings. The van der Waals surface area contributed by atoms with Crippen LogP contribution in [-0.2, 0) is 19.1 Å². The Morgan fingerprint density at radius 2 is 1.62 bits per heavy atom. The van der Waals surface area contributed by atoms with Crippen molar-refractivity contribution < 1.29 is 19.1 Å². The molecule has 0 bridgehead atoms. The number of carbonyl (C=O) groups excluding carboxylic acids is 3. The normalized spacial score (nSPS) is 15.0. The second-order valence-corrected chi connectivity index (χ2v) is 9.40. The van der Waals surface area contributed by atoms with Crippen LogP contribution in [0.3, 0.4) is 0 Å². The molecule has 0 radical (unpaired) electrons. The van der Waals surface area contributed by atoms with Crippen LogP contribution in [0.15, 0.2) is 11.6 Å². The van der Waals surface area contributed by atoms with E-state index in [0.717, 1.165) is 0 Å². The van der Waals surface area contributed by atoms with Crippen molar-refractivity contribution in [1.82, 2.24) is 15.5 Å². The zero-order chi connectivity index (χ0) is 23.2. The zero-order valence-corrected chi connectivity index (χ0v) is 20.1. The van der Waals surface area contributed by atoms with Gasteiger partial charge < -0.3 is 20.3 Å². The summed E-state index contributed by atoms with van der Waals surface area (Å²) in [5, 5.41) is 5.87. The van der Waals surface area contributed by atoms with Crippen molar-refractivity contribution >= 4 is 17.8 Å². The van der Waals surface area contributed by atoms with Gasteiger partial charge in [-0.25, -0.2) is 4.79 Å². The number of amides is 2. The van der Waals surface area contributed by atoms with E-state index in [4.69, 9.17) is 4.74 Å². The van der Waals surface area contributed by atoms with Crippen LogP contribution in [-0.4, -0.2) is 61.0 Å². The minimum atomic E-state index is -0.805. The van der Waals surface area contributed by atoms with E-state index in [1.54, 1.807) is 52.8 Å². The van der Waals surface area contributed by atoms with Crippen LogP contribution in [0.5, 0.6) is 0 Å². The molecule has 0 heterocycles. The molecule has 168 valence electrons. The van der Waals surface area contributed by atoms with Crippen LogP contribution < -0.4 is 10.6 Å². The number of nitrogens with one attached hydrogen (secondary N) is 2. The van der Waals surface area contributed by atoms with Gasteiger partial charge in [-0.15, -0.1) is 0 Å². The molecular weight excluding hydrogens is 370 g/mol. The van der Waals surface area contributed by atoms with Crippen molar-refractivity contribution in [3.05, 3.63) is 11.6 Å². The van der Waals surface area contributed by atoms with Crippen molar-refractivity contribution in [3.8, 4) is 0 Å². The Labute approximate surface area is 176 Å². The molecule has 0 rings (SSSR count). The zero-order valence-electron chi connectivity index (χ0n) is 20.1. The predicted octanol–water partition coefficient (Wildman–Crippen LogP) is 2.51. The van der Waals surface area contributed by atoms with Gasteiger partial charge in [0, 0.05) is 12.6 Å². The smallest absolute Gasteiger partial charge is 0.333 e. The lowest BCUT2D eigenvalue weighted by Crippen LogP contribution is -2.61. The molecule has 0 aromatic carbocycles. The molecule has 0 saturated heterocycles.